The van der Waals surface area contributed by atoms with E-state index in [0.717, 1.165) is 55.8 Å². The largest absolute Gasteiger partial charge is 0.371 e. The number of hydrogen-bond acceptors (Lipinski definition) is 7. The maximum atomic E-state index is 14.1. The van der Waals surface area contributed by atoms with Crippen LogP contribution in [0.5, 0.6) is 0 Å². The van der Waals surface area contributed by atoms with Crippen molar-refractivity contribution in [3.8, 4) is 22.5 Å². The van der Waals surface area contributed by atoms with E-state index in [1.54, 1.807) is 19.2 Å². The van der Waals surface area contributed by atoms with Crippen LogP contribution in [0, 0.1) is 24.5 Å². The number of nitrogens with zero attached hydrogens (tertiary/aromatic N) is 5. The van der Waals surface area contributed by atoms with Crippen molar-refractivity contribution in [2.24, 2.45) is 5.92 Å². The zero-order valence-electron chi connectivity index (χ0n) is 23.1. The Morgan fingerprint density at radius 2 is 1.68 bits per heavy atom. The predicted molar refractivity (Wildman–Crippen MR) is 155 cm³/mol. The third-order valence-corrected chi connectivity index (χ3v) is 9.06. The van der Waals surface area contributed by atoms with Crippen LogP contribution in [0.3, 0.4) is 0 Å². The molecule has 1 saturated carbocycles. The summed E-state index contributed by atoms with van der Waals surface area (Å²) in [7, 11) is 0. The van der Waals surface area contributed by atoms with E-state index in [0.29, 0.717) is 41.3 Å². The summed E-state index contributed by atoms with van der Waals surface area (Å²) in [6.07, 6.45) is 7.54. The fraction of sp³-hybridized carbons (Fsp3) is 0.406. The second kappa shape index (κ2) is 10.9. The number of hydrogen-bond donors (Lipinski definition) is 1. The monoisotopic (exact) mass is 556 g/mol. The van der Waals surface area contributed by atoms with Crippen molar-refractivity contribution in [3.63, 3.8) is 0 Å². The molecule has 2 aromatic carbocycles. The molecule has 0 amide bonds. The van der Waals surface area contributed by atoms with Gasteiger partial charge in [-0.2, -0.15) is 4.98 Å². The summed E-state index contributed by atoms with van der Waals surface area (Å²) in [5.74, 6) is 0.832. The molecule has 4 unspecified atom stereocenters. The fourth-order valence-corrected chi connectivity index (χ4v) is 7.04. The SMILES string of the molecule is Cc1nc(-c2ccc(N3CCC4C(CNC5CCCCC5N4c4cc(-c5ccc(F)c(F)c5)ccn4)C3)cc2)no1. The molecule has 1 N–H and O–H groups in total. The second-order valence-corrected chi connectivity index (χ2v) is 11.6. The minimum Gasteiger partial charge on any atom is -0.371 e. The molecule has 7 nitrogen and oxygen atoms in total. The number of aryl methyl sites for hydroxylation is 1. The van der Waals surface area contributed by atoms with Crippen LogP contribution in [0.1, 0.15) is 38.0 Å². The van der Waals surface area contributed by atoms with E-state index in [9.17, 15) is 8.78 Å². The van der Waals surface area contributed by atoms with Crippen LogP contribution in [0.15, 0.2) is 65.3 Å². The Bertz CT molecular complexity index is 1520. The Hall–Kier alpha value is -3.85. The minimum atomic E-state index is -0.833. The highest BCUT2D eigenvalue weighted by atomic mass is 19.2. The van der Waals surface area contributed by atoms with Crippen molar-refractivity contribution < 1.29 is 13.3 Å². The Kier molecular flexibility index (Phi) is 6.90. The van der Waals surface area contributed by atoms with Gasteiger partial charge in [0.05, 0.1) is 0 Å². The lowest BCUT2D eigenvalue weighted by atomic mass is 9.86. The van der Waals surface area contributed by atoms with E-state index in [2.05, 4.69) is 55.6 Å². The lowest BCUT2D eigenvalue weighted by Gasteiger charge is -2.47. The summed E-state index contributed by atoms with van der Waals surface area (Å²) >= 11 is 0. The van der Waals surface area contributed by atoms with Gasteiger partial charge in [-0.1, -0.05) is 24.1 Å². The van der Waals surface area contributed by atoms with Crippen molar-refractivity contribution in [3.05, 3.63) is 78.3 Å². The molecule has 1 aliphatic carbocycles. The summed E-state index contributed by atoms with van der Waals surface area (Å²) in [4.78, 5) is 14.3. The molecule has 3 fully saturated rings. The van der Waals surface area contributed by atoms with Crippen molar-refractivity contribution in [1.82, 2.24) is 20.4 Å². The average Bonchev–Trinajstić information content (AvgIpc) is 3.37. The summed E-state index contributed by atoms with van der Waals surface area (Å²) in [6.45, 7) is 4.64. The van der Waals surface area contributed by atoms with Crippen molar-refractivity contribution in [2.75, 3.05) is 29.4 Å². The number of anilines is 2. The number of piperidine rings is 1. The predicted octanol–water partition coefficient (Wildman–Crippen LogP) is 6.00. The normalized spacial score (nSPS) is 24.5. The van der Waals surface area contributed by atoms with Gasteiger partial charge < -0.3 is 19.6 Å². The molecular weight excluding hydrogens is 522 g/mol. The van der Waals surface area contributed by atoms with E-state index in [4.69, 9.17) is 9.51 Å². The molecule has 4 atom stereocenters. The van der Waals surface area contributed by atoms with E-state index in [-0.39, 0.29) is 0 Å². The zero-order chi connectivity index (χ0) is 27.9. The second-order valence-electron chi connectivity index (χ2n) is 11.6. The number of benzene rings is 2. The van der Waals surface area contributed by atoms with Crippen LogP contribution in [0.4, 0.5) is 20.3 Å². The van der Waals surface area contributed by atoms with E-state index in [1.165, 1.54) is 30.7 Å². The van der Waals surface area contributed by atoms with Crippen LogP contribution >= 0.6 is 0 Å². The van der Waals surface area contributed by atoms with Gasteiger partial charge >= 0.3 is 0 Å². The molecule has 212 valence electrons. The van der Waals surface area contributed by atoms with Gasteiger partial charge in [0.15, 0.2) is 11.6 Å². The van der Waals surface area contributed by atoms with Gasteiger partial charge in [0.25, 0.3) is 0 Å². The maximum Gasteiger partial charge on any atom is 0.223 e. The molecular formula is C32H34F2N6O. The summed E-state index contributed by atoms with van der Waals surface area (Å²) < 4.78 is 32.9. The number of nitrogens with one attached hydrogen (secondary N) is 1. The van der Waals surface area contributed by atoms with Crippen LogP contribution in [0.25, 0.3) is 22.5 Å². The minimum absolute atomic E-state index is 0.334. The number of halogens is 2. The first-order valence-corrected chi connectivity index (χ1v) is 14.6. The standard InChI is InChI=1S/C32H34F2N6O/c1-20-37-32(38-41-20)21-6-9-25(10-7-21)39-15-13-29-24(19-39)18-36-28-4-2-3-5-30(28)40(29)31-17-23(12-14-35-31)22-8-11-26(33)27(34)16-22/h6-12,14,16-17,24,28-30,36H,2-5,13,15,18-19H2,1H3. The first-order chi connectivity index (χ1) is 20.0. The van der Waals surface area contributed by atoms with Gasteiger partial charge in [0, 0.05) is 68.0 Å². The Labute approximate surface area is 238 Å². The topological polar surface area (TPSA) is 70.3 Å². The lowest BCUT2D eigenvalue weighted by Crippen LogP contribution is -2.56. The fourth-order valence-electron chi connectivity index (χ4n) is 7.04. The van der Waals surface area contributed by atoms with Gasteiger partial charge in [-0.15, -0.1) is 0 Å². The van der Waals surface area contributed by atoms with Gasteiger partial charge in [-0.25, -0.2) is 13.8 Å². The first-order valence-electron chi connectivity index (χ1n) is 14.6. The molecule has 0 spiro atoms. The molecule has 7 rings (SSSR count). The summed E-state index contributed by atoms with van der Waals surface area (Å²) in [5, 5.41) is 7.98. The summed E-state index contributed by atoms with van der Waals surface area (Å²) in [5.41, 5.74) is 3.65. The zero-order valence-corrected chi connectivity index (χ0v) is 23.1. The smallest absolute Gasteiger partial charge is 0.223 e. The molecule has 0 bridgehead atoms. The molecule has 4 aromatic rings. The van der Waals surface area contributed by atoms with Crippen LogP contribution in [-0.2, 0) is 0 Å². The summed E-state index contributed by atoms with van der Waals surface area (Å²) in [6, 6.07) is 17.6. The van der Waals surface area contributed by atoms with Crippen LogP contribution < -0.4 is 15.1 Å². The highest BCUT2D eigenvalue weighted by Gasteiger charge is 2.43. The van der Waals surface area contributed by atoms with Crippen molar-refractivity contribution in [1.29, 1.82) is 0 Å². The number of fused-ring (bicyclic) bond motifs is 2. The third kappa shape index (κ3) is 5.07. The molecule has 2 saturated heterocycles. The highest BCUT2D eigenvalue weighted by Crippen LogP contribution is 2.38. The third-order valence-electron chi connectivity index (χ3n) is 9.06. The van der Waals surface area contributed by atoms with E-state index < -0.39 is 11.6 Å². The van der Waals surface area contributed by atoms with Gasteiger partial charge in [-0.3, -0.25) is 0 Å². The molecule has 41 heavy (non-hydrogen) atoms. The first kappa shape index (κ1) is 26.1. The Morgan fingerprint density at radius 3 is 2.49 bits per heavy atom. The molecule has 2 aliphatic heterocycles. The lowest BCUT2D eigenvalue weighted by molar-refractivity contribution is 0.316. The number of pyridine rings is 1. The quantitative estimate of drug-likeness (QED) is 0.331. The van der Waals surface area contributed by atoms with Crippen LogP contribution in [-0.4, -0.2) is 52.9 Å². The number of rotatable bonds is 4. The van der Waals surface area contributed by atoms with Gasteiger partial charge in [0.2, 0.25) is 11.7 Å². The molecule has 2 aromatic heterocycles. The Balaban J connectivity index is 1.17. The van der Waals surface area contributed by atoms with E-state index in [1.807, 2.05) is 6.07 Å². The molecule has 0 radical (unpaired) electrons. The average molecular weight is 557 g/mol. The molecule has 4 heterocycles. The van der Waals surface area contributed by atoms with Crippen molar-refractivity contribution in [2.45, 2.75) is 57.2 Å². The molecule has 3 aliphatic rings. The van der Waals surface area contributed by atoms with Crippen molar-refractivity contribution >= 4 is 11.5 Å². The van der Waals surface area contributed by atoms with Crippen LogP contribution in [0.2, 0.25) is 0 Å². The van der Waals surface area contributed by atoms with Gasteiger partial charge in [-0.05, 0) is 78.9 Å². The highest BCUT2D eigenvalue weighted by molar-refractivity contribution is 5.67. The maximum absolute atomic E-state index is 14.1. The Morgan fingerprint density at radius 1 is 0.878 bits per heavy atom. The van der Waals surface area contributed by atoms with E-state index >= 15 is 0 Å². The molecule has 9 heteroatoms. The van der Waals surface area contributed by atoms with Gasteiger partial charge in [0.1, 0.15) is 5.82 Å². The number of aromatic nitrogens is 3.